The van der Waals surface area contributed by atoms with Crippen LogP contribution in [0, 0.1) is 18.1 Å². The molecule has 1 aliphatic carbocycles. The van der Waals surface area contributed by atoms with Crippen molar-refractivity contribution in [1.29, 1.82) is 0 Å². The van der Waals surface area contributed by atoms with E-state index < -0.39 is 8.07 Å². The van der Waals surface area contributed by atoms with Gasteiger partial charge in [0.25, 0.3) is 0 Å². The van der Waals surface area contributed by atoms with Crippen molar-refractivity contribution < 1.29 is 24.5 Å². The number of rotatable bonds is 6. The molecule has 0 aliphatic heterocycles. The number of aryl methyl sites for hydroxylation is 1. The molecule has 255 valence electrons. The molecular formula is C45H44IrN2OSi-2. The normalized spacial score (nSPS) is 12.7. The standard InChI is InChI=1S/C27H20NO.C18H24NSi.Ir/c1-2-7-18(8-3-1)20-13-14-22-23-11-6-12-24(27(23)29-25(22)17-20)26-21-10-5-4-9-19(21)15-16-28-26;1-14(2)11-16-12-17(15-9-7-6-8-10-15)19-13-18(16)20(3,4)5;/h1-3,6-8,11,13-17H,4-5,9-10H2;6-9,12-14H,11H2,1-5H3;/q2*-1;. The summed E-state index contributed by atoms with van der Waals surface area (Å²) in [5.74, 6) is 0.667. The largest absolute Gasteiger partial charge is 0.501 e. The van der Waals surface area contributed by atoms with Gasteiger partial charge in [-0.15, -0.1) is 54.1 Å². The SMILES string of the molecule is CC(C)Cc1cc(-c2[c-]cccc2)ncc1[Si](C)(C)C.[Ir].[c-]1ccc2c(oc3cc(-c4ccccc4)ccc32)c1-c1nccc2c1CCCC2. The van der Waals surface area contributed by atoms with Gasteiger partial charge in [0.05, 0.1) is 13.7 Å². The van der Waals surface area contributed by atoms with Crippen molar-refractivity contribution in [1.82, 2.24) is 9.97 Å². The first kappa shape index (κ1) is 35.7. The van der Waals surface area contributed by atoms with Gasteiger partial charge in [0.15, 0.2) is 0 Å². The number of furan rings is 1. The molecule has 0 saturated heterocycles. The van der Waals surface area contributed by atoms with Crippen LogP contribution in [0.3, 0.4) is 0 Å². The molecule has 0 spiro atoms. The quantitative estimate of drug-likeness (QED) is 0.124. The fraction of sp³-hybridized carbons (Fsp3) is 0.244. The average molecular weight is 849 g/mol. The van der Waals surface area contributed by atoms with E-state index in [0.717, 1.165) is 69.3 Å². The third-order valence-electron chi connectivity index (χ3n) is 9.46. The van der Waals surface area contributed by atoms with Crippen LogP contribution >= 0.6 is 0 Å². The Morgan fingerprint density at radius 1 is 0.780 bits per heavy atom. The average Bonchev–Trinajstić information content (AvgIpc) is 3.50. The molecular weight excluding hydrogens is 805 g/mol. The molecule has 4 aromatic carbocycles. The van der Waals surface area contributed by atoms with E-state index >= 15 is 0 Å². The smallest absolute Gasteiger partial charge is 0.121 e. The Morgan fingerprint density at radius 3 is 2.34 bits per heavy atom. The van der Waals surface area contributed by atoms with Gasteiger partial charge in [-0.2, -0.15) is 0 Å². The molecule has 1 radical (unpaired) electrons. The van der Waals surface area contributed by atoms with Crippen LogP contribution < -0.4 is 5.19 Å². The van der Waals surface area contributed by atoms with Crippen LogP contribution in [0.15, 0.2) is 114 Å². The molecule has 8 rings (SSSR count). The molecule has 5 heteroatoms. The van der Waals surface area contributed by atoms with Crippen LogP contribution in [0.2, 0.25) is 19.6 Å². The summed E-state index contributed by atoms with van der Waals surface area (Å²) in [6.45, 7) is 11.7. The van der Waals surface area contributed by atoms with E-state index in [-0.39, 0.29) is 20.1 Å². The third kappa shape index (κ3) is 7.61. The Bertz CT molecular complexity index is 2220. The number of benzene rings is 4. The fourth-order valence-electron chi connectivity index (χ4n) is 7.09. The number of aromatic nitrogens is 2. The summed E-state index contributed by atoms with van der Waals surface area (Å²) in [4.78, 5) is 9.44. The number of nitrogens with zero attached hydrogens (tertiary/aromatic N) is 2. The summed E-state index contributed by atoms with van der Waals surface area (Å²) < 4.78 is 6.42. The van der Waals surface area contributed by atoms with E-state index in [9.17, 15) is 0 Å². The molecule has 3 aromatic heterocycles. The number of hydrogen-bond acceptors (Lipinski definition) is 3. The second-order valence-electron chi connectivity index (χ2n) is 14.6. The number of fused-ring (bicyclic) bond motifs is 4. The topological polar surface area (TPSA) is 38.9 Å². The second kappa shape index (κ2) is 15.4. The van der Waals surface area contributed by atoms with Crippen LogP contribution in [0.1, 0.15) is 43.4 Å². The van der Waals surface area contributed by atoms with Crippen LogP contribution in [-0.4, -0.2) is 18.0 Å². The van der Waals surface area contributed by atoms with Crippen LogP contribution in [0.5, 0.6) is 0 Å². The van der Waals surface area contributed by atoms with Gasteiger partial charge in [-0.3, -0.25) is 0 Å². The maximum absolute atomic E-state index is 6.42. The van der Waals surface area contributed by atoms with Crippen molar-refractivity contribution in [2.75, 3.05) is 0 Å². The van der Waals surface area contributed by atoms with Gasteiger partial charge >= 0.3 is 0 Å². The first-order valence-corrected chi connectivity index (χ1v) is 21.1. The molecule has 3 nitrogen and oxygen atoms in total. The van der Waals surface area contributed by atoms with Crippen LogP contribution in [-0.2, 0) is 39.4 Å². The minimum absolute atomic E-state index is 0. The van der Waals surface area contributed by atoms with E-state index in [1.165, 1.54) is 40.3 Å². The molecule has 0 N–H and O–H groups in total. The van der Waals surface area contributed by atoms with Crippen molar-refractivity contribution in [2.24, 2.45) is 5.92 Å². The summed E-state index contributed by atoms with van der Waals surface area (Å²) in [5, 5.41) is 3.76. The van der Waals surface area contributed by atoms with Crippen molar-refractivity contribution in [3.8, 4) is 33.6 Å². The Hall–Kier alpha value is -4.15. The van der Waals surface area contributed by atoms with Gasteiger partial charge in [-0.05, 0) is 77.9 Å². The molecule has 0 atom stereocenters. The molecule has 0 saturated carbocycles. The van der Waals surface area contributed by atoms with Gasteiger partial charge in [-0.1, -0.05) is 110 Å². The van der Waals surface area contributed by atoms with E-state index in [1.54, 1.807) is 0 Å². The Balaban J connectivity index is 0.000000182. The zero-order valence-electron chi connectivity index (χ0n) is 29.6. The summed E-state index contributed by atoms with van der Waals surface area (Å²) in [7, 11) is -1.34. The first-order valence-electron chi connectivity index (χ1n) is 17.6. The predicted octanol–water partition coefficient (Wildman–Crippen LogP) is 11.3. The minimum Gasteiger partial charge on any atom is -0.501 e. The molecule has 50 heavy (non-hydrogen) atoms. The first-order chi connectivity index (χ1) is 23.8. The van der Waals surface area contributed by atoms with Gasteiger partial charge in [0, 0.05) is 37.9 Å². The van der Waals surface area contributed by atoms with Gasteiger partial charge < -0.3 is 14.4 Å². The van der Waals surface area contributed by atoms with Crippen LogP contribution in [0.25, 0.3) is 55.6 Å². The summed E-state index contributed by atoms with van der Waals surface area (Å²) >= 11 is 0. The monoisotopic (exact) mass is 849 g/mol. The molecule has 0 unspecified atom stereocenters. The maximum Gasteiger partial charge on any atom is 0.121 e. The van der Waals surface area contributed by atoms with E-state index in [4.69, 9.17) is 9.40 Å². The van der Waals surface area contributed by atoms with Crippen molar-refractivity contribution in [3.63, 3.8) is 0 Å². The van der Waals surface area contributed by atoms with E-state index in [1.807, 2.05) is 36.5 Å². The van der Waals surface area contributed by atoms with Gasteiger partial charge in [0.1, 0.15) is 5.58 Å². The number of hydrogen-bond donors (Lipinski definition) is 0. The van der Waals surface area contributed by atoms with Gasteiger partial charge in [0.2, 0.25) is 0 Å². The Morgan fingerprint density at radius 2 is 1.58 bits per heavy atom. The molecule has 0 bridgehead atoms. The van der Waals surface area contributed by atoms with E-state index in [0.29, 0.717) is 5.92 Å². The summed E-state index contributed by atoms with van der Waals surface area (Å²) in [6.07, 6.45) is 9.88. The predicted molar refractivity (Wildman–Crippen MR) is 208 cm³/mol. The number of pyridine rings is 2. The zero-order chi connectivity index (χ0) is 34.0. The molecule has 0 amide bonds. The molecule has 1 aliphatic rings. The van der Waals surface area contributed by atoms with Crippen molar-refractivity contribution in [2.45, 2.75) is 65.6 Å². The van der Waals surface area contributed by atoms with E-state index in [2.05, 4.69) is 124 Å². The van der Waals surface area contributed by atoms with Crippen molar-refractivity contribution >= 4 is 35.2 Å². The summed E-state index contributed by atoms with van der Waals surface area (Å²) in [5.41, 5.74) is 12.6. The maximum atomic E-state index is 6.42. The Labute approximate surface area is 311 Å². The third-order valence-corrected chi connectivity index (χ3v) is 11.5. The molecule has 7 aromatic rings. The van der Waals surface area contributed by atoms with Crippen LogP contribution in [0.4, 0.5) is 0 Å². The summed E-state index contributed by atoms with van der Waals surface area (Å²) in [6, 6.07) is 40.2. The molecule has 3 heterocycles. The molecule has 0 fully saturated rings. The van der Waals surface area contributed by atoms with Gasteiger partial charge in [-0.25, -0.2) is 0 Å². The minimum atomic E-state index is -1.34. The fourth-order valence-corrected chi connectivity index (χ4v) is 8.68. The zero-order valence-corrected chi connectivity index (χ0v) is 33.0. The second-order valence-corrected chi connectivity index (χ2v) is 19.7. The van der Waals surface area contributed by atoms with Crippen molar-refractivity contribution in [3.05, 3.63) is 138 Å². The Kier molecular flexibility index (Phi) is 11.0.